The molecule has 1 heterocycles. The Bertz CT molecular complexity index is 485. The summed E-state index contributed by atoms with van der Waals surface area (Å²) >= 11 is 0. The largest absolute Gasteiger partial charge is 0.496 e. The van der Waals surface area contributed by atoms with Gasteiger partial charge in [-0.3, -0.25) is 9.69 Å². The van der Waals surface area contributed by atoms with Gasteiger partial charge in [0.1, 0.15) is 11.8 Å². The maximum absolute atomic E-state index is 11.2. The van der Waals surface area contributed by atoms with E-state index in [1.54, 1.807) is 7.11 Å². The average molecular weight is 263 g/mol. The van der Waals surface area contributed by atoms with Gasteiger partial charge in [0.05, 0.1) is 7.11 Å². The summed E-state index contributed by atoms with van der Waals surface area (Å²) in [6.07, 6.45) is 1.69. The van der Waals surface area contributed by atoms with E-state index in [4.69, 9.17) is 4.74 Å². The first-order valence-corrected chi connectivity index (χ1v) is 6.64. The van der Waals surface area contributed by atoms with Crippen molar-refractivity contribution in [2.24, 2.45) is 0 Å². The lowest BCUT2D eigenvalue weighted by molar-refractivity contribution is -0.142. The van der Waals surface area contributed by atoms with Gasteiger partial charge in [0, 0.05) is 12.1 Å². The van der Waals surface area contributed by atoms with Crippen LogP contribution in [0.4, 0.5) is 0 Å². The Morgan fingerprint density at radius 3 is 2.74 bits per heavy atom. The van der Waals surface area contributed by atoms with Gasteiger partial charge in [-0.1, -0.05) is 6.07 Å². The summed E-state index contributed by atoms with van der Waals surface area (Å²) in [6, 6.07) is 3.77. The molecular weight excluding hydrogens is 242 g/mol. The third-order valence-electron chi connectivity index (χ3n) is 3.92. The van der Waals surface area contributed by atoms with Gasteiger partial charge in [0.2, 0.25) is 0 Å². The van der Waals surface area contributed by atoms with Crippen LogP contribution in [0.5, 0.6) is 5.75 Å². The van der Waals surface area contributed by atoms with Crippen molar-refractivity contribution in [3.8, 4) is 5.75 Å². The van der Waals surface area contributed by atoms with Gasteiger partial charge in [-0.2, -0.15) is 0 Å². The van der Waals surface area contributed by atoms with Gasteiger partial charge >= 0.3 is 5.97 Å². The quantitative estimate of drug-likeness (QED) is 0.906. The summed E-state index contributed by atoms with van der Waals surface area (Å²) in [5.41, 5.74) is 3.47. The maximum atomic E-state index is 11.2. The molecule has 19 heavy (non-hydrogen) atoms. The maximum Gasteiger partial charge on any atom is 0.320 e. The molecule has 4 nitrogen and oxygen atoms in total. The summed E-state index contributed by atoms with van der Waals surface area (Å²) in [5, 5.41) is 9.21. The zero-order valence-electron chi connectivity index (χ0n) is 11.8. The number of carboxylic acids is 1. The van der Waals surface area contributed by atoms with E-state index >= 15 is 0 Å². The summed E-state index contributed by atoms with van der Waals surface area (Å²) in [6.45, 7) is 5.60. The number of methoxy groups -OCH3 is 1. The molecule has 4 heteroatoms. The number of benzene rings is 1. The van der Waals surface area contributed by atoms with Gasteiger partial charge in [-0.15, -0.1) is 0 Å². The van der Waals surface area contributed by atoms with E-state index < -0.39 is 5.97 Å². The molecular formula is C15H21NO3. The first-order valence-electron chi connectivity index (χ1n) is 6.64. The third-order valence-corrected chi connectivity index (χ3v) is 3.92. The van der Waals surface area contributed by atoms with Crippen molar-refractivity contribution in [3.05, 3.63) is 28.8 Å². The summed E-state index contributed by atoms with van der Waals surface area (Å²) in [5.74, 6) is 0.124. The molecule has 1 aliphatic heterocycles. The number of aryl methyl sites for hydroxylation is 2. The standard InChI is InChI=1S/C15H21NO3/c1-10-7-12(14(19-3)8-11(10)2)9-16-6-4-5-13(16)15(17)18/h7-8,13H,4-6,9H2,1-3H3,(H,17,18). The highest BCUT2D eigenvalue weighted by atomic mass is 16.5. The van der Waals surface area contributed by atoms with E-state index in [9.17, 15) is 9.90 Å². The van der Waals surface area contributed by atoms with Crippen LogP contribution in [0.25, 0.3) is 0 Å². The van der Waals surface area contributed by atoms with E-state index in [-0.39, 0.29) is 6.04 Å². The molecule has 2 rings (SSSR count). The molecule has 1 aliphatic rings. The SMILES string of the molecule is COc1cc(C)c(C)cc1CN1CCCC1C(=O)O. The van der Waals surface area contributed by atoms with Crippen LogP contribution in [-0.2, 0) is 11.3 Å². The van der Waals surface area contributed by atoms with Crippen molar-refractivity contribution < 1.29 is 14.6 Å². The Hall–Kier alpha value is -1.55. The molecule has 0 aromatic heterocycles. The van der Waals surface area contributed by atoms with Crippen LogP contribution in [0.2, 0.25) is 0 Å². The Labute approximate surface area is 114 Å². The molecule has 1 fully saturated rings. The van der Waals surface area contributed by atoms with Crippen molar-refractivity contribution in [2.45, 2.75) is 39.3 Å². The van der Waals surface area contributed by atoms with Crippen molar-refractivity contribution >= 4 is 5.97 Å². The van der Waals surface area contributed by atoms with Gasteiger partial charge in [0.25, 0.3) is 0 Å². The predicted molar refractivity (Wildman–Crippen MR) is 73.5 cm³/mol. The van der Waals surface area contributed by atoms with Gasteiger partial charge in [0.15, 0.2) is 0 Å². The lowest BCUT2D eigenvalue weighted by Gasteiger charge is -2.22. The lowest BCUT2D eigenvalue weighted by atomic mass is 10.0. The zero-order valence-corrected chi connectivity index (χ0v) is 11.8. The smallest absolute Gasteiger partial charge is 0.320 e. The van der Waals surface area contributed by atoms with E-state index in [2.05, 4.69) is 19.9 Å². The fraction of sp³-hybridized carbons (Fsp3) is 0.533. The minimum absolute atomic E-state index is 0.355. The number of likely N-dealkylation sites (tertiary alicyclic amines) is 1. The molecule has 0 bridgehead atoms. The van der Waals surface area contributed by atoms with Gasteiger partial charge in [-0.05, 0) is 50.4 Å². The fourth-order valence-corrected chi connectivity index (χ4v) is 2.68. The molecule has 1 aromatic rings. The molecule has 1 aromatic carbocycles. The Morgan fingerprint density at radius 2 is 2.11 bits per heavy atom. The van der Waals surface area contributed by atoms with E-state index in [1.165, 1.54) is 11.1 Å². The fourth-order valence-electron chi connectivity index (χ4n) is 2.68. The molecule has 0 amide bonds. The highest BCUT2D eigenvalue weighted by molar-refractivity contribution is 5.73. The topological polar surface area (TPSA) is 49.8 Å². The molecule has 1 saturated heterocycles. The Morgan fingerprint density at radius 1 is 1.42 bits per heavy atom. The summed E-state index contributed by atoms with van der Waals surface area (Å²) < 4.78 is 5.41. The van der Waals surface area contributed by atoms with E-state index in [0.29, 0.717) is 6.54 Å². The number of hydrogen-bond acceptors (Lipinski definition) is 3. The second-order valence-electron chi connectivity index (χ2n) is 5.22. The van der Waals surface area contributed by atoms with Crippen LogP contribution >= 0.6 is 0 Å². The Kier molecular flexibility index (Phi) is 4.10. The molecule has 0 aliphatic carbocycles. The van der Waals surface area contributed by atoms with E-state index in [0.717, 1.165) is 30.7 Å². The van der Waals surface area contributed by atoms with Crippen LogP contribution in [0.15, 0.2) is 12.1 Å². The minimum Gasteiger partial charge on any atom is -0.496 e. The summed E-state index contributed by atoms with van der Waals surface area (Å²) in [4.78, 5) is 13.2. The Balaban J connectivity index is 2.23. The molecule has 1 unspecified atom stereocenters. The number of carboxylic acid groups (broad SMARTS) is 1. The molecule has 0 radical (unpaired) electrons. The van der Waals surface area contributed by atoms with Gasteiger partial charge < -0.3 is 9.84 Å². The average Bonchev–Trinajstić information content (AvgIpc) is 2.81. The molecule has 1 atom stereocenters. The van der Waals surface area contributed by atoms with Crippen molar-refractivity contribution in [1.82, 2.24) is 4.90 Å². The first-order chi connectivity index (χ1) is 9.02. The van der Waals surface area contributed by atoms with Crippen molar-refractivity contribution in [3.63, 3.8) is 0 Å². The van der Waals surface area contributed by atoms with E-state index in [1.807, 2.05) is 11.0 Å². The second-order valence-corrected chi connectivity index (χ2v) is 5.22. The van der Waals surface area contributed by atoms with Crippen LogP contribution < -0.4 is 4.74 Å². The highest BCUT2D eigenvalue weighted by Crippen LogP contribution is 2.27. The third kappa shape index (κ3) is 2.89. The number of rotatable bonds is 4. The van der Waals surface area contributed by atoms with Crippen LogP contribution in [-0.4, -0.2) is 35.7 Å². The molecule has 104 valence electrons. The minimum atomic E-state index is -0.722. The van der Waals surface area contributed by atoms with Crippen LogP contribution in [0, 0.1) is 13.8 Å². The van der Waals surface area contributed by atoms with Crippen LogP contribution in [0.3, 0.4) is 0 Å². The number of ether oxygens (including phenoxy) is 1. The number of carbonyl (C=O) groups is 1. The van der Waals surface area contributed by atoms with Crippen molar-refractivity contribution in [1.29, 1.82) is 0 Å². The number of nitrogens with zero attached hydrogens (tertiary/aromatic N) is 1. The normalized spacial score (nSPS) is 19.6. The second kappa shape index (κ2) is 5.61. The number of aliphatic carboxylic acids is 1. The lowest BCUT2D eigenvalue weighted by Crippen LogP contribution is -2.35. The monoisotopic (exact) mass is 263 g/mol. The zero-order chi connectivity index (χ0) is 14.0. The van der Waals surface area contributed by atoms with Gasteiger partial charge in [-0.25, -0.2) is 0 Å². The van der Waals surface area contributed by atoms with Crippen LogP contribution in [0.1, 0.15) is 29.5 Å². The summed E-state index contributed by atoms with van der Waals surface area (Å²) in [7, 11) is 1.66. The molecule has 0 saturated carbocycles. The van der Waals surface area contributed by atoms with Crippen molar-refractivity contribution in [2.75, 3.05) is 13.7 Å². The molecule has 1 N–H and O–H groups in total. The predicted octanol–water partition coefficient (Wildman–Crippen LogP) is 2.36. The molecule has 0 spiro atoms. The highest BCUT2D eigenvalue weighted by Gasteiger charge is 2.30. The number of hydrogen-bond donors (Lipinski definition) is 1. The first kappa shape index (κ1) is 13.9.